The molecule has 0 saturated carbocycles. The number of nitrogens with one attached hydrogen (secondary N) is 1. The monoisotopic (exact) mass is 279 g/mol. The molecular weight excluding hydrogens is 264 g/mol. The normalized spacial score (nSPS) is 10.9. The molecule has 0 spiro atoms. The fourth-order valence-electron chi connectivity index (χ4n) is 1.38. The van der Waals surface area contributed by atoms with E-state index in [2.05, 4.69) is 5.32 Å². The van der Waals surface area contributed by atoms with Gasteiger partial charge in [-0.2, -0.15) is 0 Å². The summed E-state index contributed by atoms with van der Waals surface area (Å²) < 4.78 is 34.1. The van der Waals surface area contributed by atoms with Gasteiger partial charge in [0.25, 0.3) is 6.43 Å². The van der Waals surface area contributed by atoms with E-state index >= 15 is 0 Å². The van der Waals surface area contributed by atoms with Crippen LogP contribution in [0.5, 0.6) is 5.75 Å². The standard InChI is InChI=1S/C12H16ClF2NO2/c1-17-5-4-16-7-9-6-10(13)2-3-11(9)18-8-12(14)15/h2-3,6,12,16H,4-5,7-8H2,1H3. The lowest BCUT2D eigenvalue weighted by Gasteiger charge is -2.12. The molecule has 0 amide bonds. The number of halogens is 3. The van der Waals surface area contributed by atoms with Gasteiger partial charge in [-0.25, -0.2) is 8.78 Å². The van der Waals surface area contributed by atoms with Crippen LogP contribution in [0.3, 0.4) is 0 Å². The summed E-state index contributed by atoms with van der Waals surface area (Å²) in [4.78, 5) is 0. The van der Waals surface area contributed by atoms with E-state index < -0.39 is 13.0 Å². The zero-order valence-corrected chi connectivity index (χ0v) is 10.8. The van der Waals surface area contributed by atoms with Crippen molar-refractivity contribution in [3.8, 4) is 5.75 Å². The van der Waals surface area contributed by atoms with Crippen molar-refractivity contribution in [1.82, 2.24) is 5.32 Å². The minimum atomic E-state index is -2.49. The van der Waals surface area contributed by atoms with E-state index in [-0.39, 0.29) is 0 Å². The van der Waals surface area contributed by atoms with Crippen molar-refractivity contribution in [2.24, 2.45) is 0 Å². The Kier molecular flexibility index (Phi) is 6.93. The van der Waals surface area contributed by atoms with Crippen LogP contribution in [0.2, 0.25) is 5.02 Å². The molecule has 0 atom stereocenters. The van der Waals surface area contributed by atoms with Gasteiger partial charge in [-0.05, 0) is 18.2 Å². The number of rotatable bonds is 8. The van der Waals surface area contributed by atoms with Crippen LogP contribution in [0, 0.1) is 0 Å². The maximum absolute atomic E-state index is 12.1. The van der Waals surface area contributed by atoms with Crippen molar-refractivity contribution in [3.05, 3.63) is 28.8 Å². The fourth-order valence-corrected chi connectivity index (χ4v) is 1.57. The molecule has 6 heteroatoms. The number of ether oxygens (including phenoxy) is 2. The summed E-state index contributed by atoms with van der Waals surface area (Å²) in [5.41, 5.74) is 0.749. The van der Waals surface area contributed by atoms with E-state index in [1.807, 2.05) is 0 Å². The van der Waals surface area contributed by atoms with Crippen LogP contribution >= 0.6 is 11.6 Å². The highest BCUT2D eigenvalue weighted by Gasteiger charge is 2.08. The van der Waals surface area contributed by atoms with Crippen molar-refractivity contribution >= 4 is 11.6 Å². The average Bonchev–Trinajstić information content (AvgIpc) is 2.33. The first-order valence-electron chi connectivity index (χ1n) is 5.52. The summed E-state index contributed by atoms with van der Waals surface area (Å²) in [5.74, 6) is 0.421. The second-order valence-electron chi connectivity index (χ2n) is 3.62. The third kappa shape index (κ3) is 5.62. The number of methoxy groups -OCH3 is 1. The third-order valence-corrected chi connectivity index (χ3v) is 2.42. The minimum Gasteiger partial charge on any atom is -0.487 e. The first kappa shape index (κ1) is 15.1. The van der Waals surface area contributed by atoms with Crippen LogP contribution in [0.4, 0.5) is 8.78 Å². The van der Waals surface area contributed by atoms with Crippen LogP contribution in [-0.2, 0) is 11.3 Å². The lowest BCUT2D eigenvalue weighted by Crippen LogP contribution is -2.19. The predicted octanol–water partition coefficient (Wildman–Crippen LogP) is 2.72. The molecule has 0 aliphatic rings. The highest BCUT2D eigenvalue weighted by Crippen LogP contribution is 2.23. The second kappa shape index (κ2) is 8.24. The van der Waals surface area contributed by atoms with Crippen LogP contribution in [0.25, 0.3) is 0 Å². The lowest BCUT2D eigenvalue weighted by molar-refractivity contribution is 0.0813. The zero-order chi connectivity index (χ0) is 13.4. The molecule has 0 aliphatic carbocycles. The maximum atomic E-state index is 12.1. The number of benzene rings is 1. The van der Waals surface area contributed by atoms with E-state index in [0.717, 1.165) is 5.56 Å². The first-order chi connectivity index (χ1) is 8.63. The Morgan fingerprint density at radius 2 is 2.17 bits per heavy atom. The fraction of sp³-hybridized carbons (Fsp3) is 0.500. The van der Waals surface area contributed by atoms with Gasteiger partial charge < -0.3 is 14.8 Å². The smallest absolute Gasteiger partial charge is 0.272 e. The molecule has 1 N–H and O–H groups in total. The van der Waals surface area contributed by atoms with Crippen LogP contribution in [0.15, 0.2) is 18.2 Å². The largest absolute Gasteiger partial charge is 0.487 e. The average molecular weight is 280 g/mol. The summed E-state index contributed by atoms with van der Waals surface area (Å²) in [5, 5.41) is 3.65. The minimum absolute atomic E-state index is 0.421. The summed E-state index contributed by atoms with van der Waals surface area (Å²) in [6.45, 7) is 1.11. The Hall–Kier alpha value is -0.910. The van der Waals surface area contributed by atoms with Crippen molar-refractivity contribution in [3.63, 3.8) is 0 Å². The molecule has 0 aromatic heterocycles. The molecule has 1 rings (SSSR count). The molecule has 0 saturated heterocycles. The second-order valence-corrected chi connectivity index (χ2v) is 4.06. The Morgan fingerprint density at radius 3 is 2.83 bits per heavy atom. The van der Waals surface area contributed by atoms with Gasteiger partial charge in [0.15, 0.2) is 0 Å². The van der Waals surface area contributed by atoms with Crippen molar-refractivity contribution in [2.45, 2.75) is 13.0 Å². The van der Waals surface area contributed by atoms with E-state index in [0.29, 0.717) is 30.5 Å². The SMILES string of the molecule is COCCNCc1cc(Cl)ccc1OCC(F)F. The molecule has 0 heterocycles. The van der Waals surface area contributed by atoms with Gasteiger partial charge in [-0.3, -0.25) is 0 Å². The number of hydrogen-bond acceptors (Lipinski definition) is 3. The highest BCUT2D eigenvalue weighted by molar-refractivity contribution is 6.30. The molecule has 0 radical (unpaired) electrons. The molecule has 3 nitrogen and oxygen atoms in total. The molecule has 1 aromatic carbocycles. The first-order valence-corrected chi connectivity index (χ1v) is 5.90. The molecule has 1 aromatic rings. The third-order valence-electron chi connectivity index (χ3n) is 2.19. The highest BCUT2D eigenvalue weighted by atomic mass is 35.5. The van der Waals surface area contributed by atoms with E-state index in [4.69, 9.17) is 21.1 Å². The van der Waals surface area contributed by atoms with Gasteiger partial charge in [0.1, 0.15) is 12.4 Å². The van der Waals surface area contributed by atoms with Gasteiger partial charge in [-0.15, -0.1) is 0 Å². The number of alkyl halides is 2. The van der Waals surface area contributed by atoms with Crippen LogP contribution in [-0.4, -0.2) is 33.3 Å². The van der Waals surface area contributed by atoms with Gasteiger partial charge in [-0.1, -0.05) is 11.6 Å². The molecule has 102 valence electrons. The quantitative estimate of drug-likeness (QED) is 0.742. The van der Waals surface area contributed by atoms with E-state index in [9.17, 15) is 8.78 Å². The van der Waals surface area contributed by atoms with Crippen molar-refractivity contribution in [2.75, 3.05) is 26.9 Å². The molecule has 18 heavy (non-hydrogen) atoms. The van der Waals surface area contributed by atoms with Gasteiger partial charge >= 0.3 is 0 Å². The van der Waals surface area contributed by atoms with Gasteiger partial charge in [0, 0.05) is 30.8 Å². The predicted molar refractivity (Wildman–Crippen MR) is 66.5 cm³/mol. The van der Waals surface area contributed by atoms with E-state index in [1.54, 1.807) is 25.3 Å². The Balaban J connectivity index is 2.58. The summed E-state index contributed by atoms with van der Waals surface area (Å²) in [6.07, 6.45) is -2.49. The van der Waals surface area contributed by atoms with Crippen LogP contribution in [0.1, 0.15) is 5.56 Å². The lowest BCUT2D eigenvalue weighted by atomic mass is 10.2. The van der Waals surface area contributed by atoms with Crippen molar-refractivity contribution < 1.29 is 18.3 Å². The maximum Gasteiger partial charge on any atom is 0.272 e. The zero-order valence-electron chi connectivity index (χ0n) is 10.1. The molecule has 0 bridgehead atoms. The molecule has 0 fully saturated rings. The number of hydrogen-bond donors (Lipinski definition) is 1. The van der Waals surface area contributed by atoms with Crippen molar-refractivity contribution in [1.29, 1.82) is 0 Å². The molecular formula is C12H16ClF2NO2. The summed E-state index contributed by atoms with van der Waals surface area (Å²) in [7, 11) is 1.61. The van der Waals surface area contributed by atoms with Gasteiger partial charge in [0.2, 0.25) is 0 Å². The van der Waals surface area contributed by atoms with Crippen LogP contribution < -0.4 is 10.1 Å². The Labute approximate surface area is 110 Å². The van der Waals surface area contributed by atoms with Gasteiger partial charge in [0.05, 0.1) is 6.61 Å². The summed E-state index contributed by atoms with van der Waals surface area (Å²) in [6, 6.07) is 4.90. The van der Waals surface area contributed by atoms with E-state index in [1.165, 1.54) is 0 Å². The summed E-state index contributed by atoms with van der Waals surface area (Å²) >= 11 is 5.86. The topological polar surface area (TPSA) is 30.5 Å². The molecule has 0 aliphatic heterocycles. The Bertz CT molecular complexity index is 364. The molecule has 0 unspecified atom stereocenters. The Morgan fingerprint density at radius 1 is 1.39 bits per heavy atom.